The van der Waals surface area contributed by atoms with Crippen molar-refractivity contribution in [2.75, 3.05) is 6.54 Å². The van der Waals surface area contributed by atoms with Gasteiger partial charge in [-0.3, -0.25) is 4.79 Å². The van der Waals surface area contributed by atoms with Crippen molar-refractivity contribution < 1.29 is 13.2 Å². The van der Waals surface area contributed by atoms with Crippen molar-refractivity contribution >= 4 is 27.5 Å². The fourth-order valence-corrected chi connectivity index (χ4v) is 4.23. The number of hydrogen-bond acceptors (Lipinski definition) is 3. The largest absolute Gasteiger partial charge is 0.339 e. The van der Waals surface area contributed by atoms with Crippen LogP contribution in [0.25, 0.3) is 0 Å². The minimum atomic E-state index is -3.78. The highest BCUT2D eigenvalue weighted by molar-refractivity contribution is 7.89. The lowest BCUT2D eigenvalue weighted by Crippen LogP contribution is -2.51. The lowest BCUT2D eigenvalue weighted by atomic mass is 10.0. The first kappa shape index (κ1) is 18.2. The van der Waals surface area contributed by atoms with Crippen LogP contribution in [0, 0.1) is 6.92 Å². The maximum absolute atomic E-state index is 12.5. The second-order valence-corrected chi connectivity index (χ2v) is 8.25. The number of carbonyl (C=O) groups is 1. The van der Waals surface area contributed by atoms with Crippen molar-refractivity contribution in [3.8, 4) is 0 Å². The van der Waals surface area contributed by atoms with Crippen molar-refractivity contribution in [3.05, 3.63) is 28.8 Å². The number of hydrogen-bond donors (Lipinski definition) is 1. The maximum atomic E-state index is 12.5. The standard InChI is InChI=1S/C16H23ClN2O3S/c1-11-7-8-14(10-15(11)17)23(21,22)18-13(3)16(20)19-9-5-4-6-12(19)2/h7-8,10,12-13,18H,4-6,9H2,1-3H3. The number of aryl methyl sites for hydroxylation is 1. The molecule has 1 aromatic rings. The van der Waals surface area contributed by atoms with E-state index in [1.807, 2.05) is 6.92 Å². The molecule has 0 aromatic heterocycles. The average Bonchev–Trinajstić information content (AvgIpc) is 2.49. The Balaban J connectivity index is 2.12. The molecule has 1 amide bonds. The fraction of sp³-hybridized carbons (Fsp3) is 0.562. The van der Waals surface area contributed by atoms with E-state index < -0.39 is 16.1 Å². The molecular weight excluding hydrogens is 336 g/mol. The molecule has 0 aliphatic carbocycles. The van der Waals surface area contributed by atoms with Gasteiger partial charge in [0.25, 0.3) is 0 Å². The molecule has 1 heterocycles. The van der Waals surface area contributed by atoms with Gasteiger partial charge in [-0.05, 0) is 57.7 Å². The molecule has 7 heteroatoms. The summed E-state index contributed by atoms with van der Waals surface area (Å²) in [5, 5.41) is 0.386. The highest BCUT2D eigenvalue weighted by atomic mass is 35.5. The van der Waals surface area contributed by atoms with Gasteiger partial charge in [0.05, 0.1) is 10.9 Å². The molecule has 2 unspecified atom stereocenters. The number of carbonyl (C=O) groups excluding carboxylic acids is 1. The van der Waals surface area contributed by atoms with Crippen LogP contribution < -0.4 is 4.72 Å². The molecule has 2 atom stereocenters. The number of likely N-dealkylation sites (tertiary alicyclic amines) is 1. The molecule has 0 radical (unpaired) electrons. The summed E-state index contributed by atoms with van der Waals surface area (Å²) >= 11 is 5.99. The third-order valence-corrected chi connectivity index (χ3v) is 6.19. The number of benzene rings is 1. The average molecular weight is 359 g/mol. The number of nitrogens with zero attached hydrogens (tertiary/aromatic N) is 1. The van der Waals surface area contributed by atoms with Gasteiger partial charge < -0.3 is 4.90 Å². The molecule has 1 aromatic carbocycles. The van der Waals surface area contributed by atoms with Crippen LogP contribution >= 0.6 is 11.6 Å². The summed E-state index contributed by atoms with van der Waals surface area (Å²) in [6, 6.07) is 3.89. The number of halogens is 1. The van der Waals surface area contributed by atoms with Gasteiger partial charge in [-0.1, -0.05) is 17.7 Å². The van der Waals surface area contributed by atoms with Crippen LogP contribution in [-0.2, 0) is 14.8 Å². The number of rotatable bonds is 4. The van der Waals surface area contributed by atoms with E-state index in [-0.39, 0.29) is 16.8 Å². The second kappa shape index (κ2) is 7.20. The van der Waals surface area contributed by atoms with E-state index in [0.717, 1.165) is 24.8 Å². The summed E-state index contributed by atoms with van der Waals surface area (Å²) in [5.74, 6) is -0.181. The van der Waals surface area contributed by atoms with E-state index in [1.54, 1.807) is 24.8 Å². The number of nitrogens with one attached hydrogen (secondary N) is 1. The predicted octanol–water partition coefficient (Wildman–Crippen LogP) is 2.72. The SMILES string of the molecule is Cc1ccc(S(=O)(=O)NC(C)C(=O)N2CCCCC2C)cc1Cl. The fourth-order valence-electron chi connectivity index (χ4n) is 2.77. The molecular formula is C16H23ClN2O3S. The Kier molecular flexibility index (Phi) is 5.70. The third kappa shape index (κ3) is 4.25. The van der Waals surface area contributed by atoms with E-state index in [2.05, 4.69) is 4.72 Å². The first-order chi connectivity index (χ1) is 10.7. The molecule has 1 saturated heterocycles. The van der Waals surface area contributed by atoms with Crippen LogP contribution in [0.4, 0.5) is 0 Å². The Morgan fingerprint density at radius 3 is 2.70 bits per heavy atom. The van der Waals surface area contributed by atoms with Crippen LogP contribution in [0.5, 0.6) is 0 Å². The van der Waals surface area contributed by atoms with Gasteiger partial charge >= 0.3 is 0 Å². The topological polar surface area (TPSA) is 66.5 Å². The molecule has 1 aliphatic heterocycles. The zero-order valence-corrected chi connectivity index (χ0v) is 15.2. The third-order valence-electron chi connectivity index (χ3n) is 4.24. The summed E-state index contributed by atoms with van der Waals surface area (Å²) in [6.45, 7) is 6.06. The zero-order chi connectivity index (χ0) is 17.2. The van der Waals surface area contributed by atoms with Gasteiger partial charge in [0.2, 0.25) is 15.9 Å². The van der Waals surface area contributed by atoms with Gasteiger partial charge in [0, 0.05) is 17.6 Å². The molecule has 2 rings (SSSR count). The van der Waals surface area contributed by atoms with Gasteiger partial charge in [-0.2, -0.15) is 4.72 Å². The van der Waals surface area contributed by atoms with Crippen molar-refractivity contribution in [1.29, 1.82) is 0 Å². The van der Waals surface area contributed by atoms with E-state index in [0.29, 0.717) is 11.6 Å². The lowest BCUT2D eigenvalue weighted by Gasteiger charge is -2.35. The Morgan fingerprint density at radius 2 is 2.09 bits per heavy atom. The van der Waals surface area contributed by atoms with Gasteiger partial charge in [0.1, 0.15) is 0 Å². The molecule has 0 bridgehead atoms. The summed E-state index contributed by atoms with van der Waals surface area (Å²) in [7, 11) is -3.78. The molecule has 23 heavy (non-hydrogen) atoms. The van der Waals surface area contributed by atoms with Crippen LogP contribution in [-0.4, -0.2) is 37.9 Å². The number of amides is 1. The van der Waals surface area contributed by atoms with Crippen molar-refractivity contribution in [3.63, 3.8) is 0 Å². The monoisotopic (exact) mass is 358 g/mol. The maximum Gasteiger partial charge on any atom is 0.241 e. The van der Waals surface area contributed by atoms with E-state index in [9.17, 15) is 13.2 Å². The van der Waals surface area contributed by atoms with Crippen molar-refractivity contribution in [2.24, 2.45) is 0 Å². The van der Waals surface area contributed by atoms with Gasteiger partial charge in [0.15, 0.2) is 0 Å². The summed E-state index contributed by atoms with van der Waals surface area (Å²) in [6.07, 6.45) is 3.02. The first-order valence-corrected chi connectivity index (χ1v) is 9.67. The Labute approximate surface area is 143 Å². The molecule has 0 spiro atoms. The van der Waals surface area contributed by atoms with E-state index >= 15 is 0 Å². The van der Waals surface area contributed by atoms with Crippen LogP contribution in [0.1, 0.15) is 38.7 Å². The summed E-state index contributed by atoms with van der Waals surface area (Å²) in [4.78, 5) is 14.3. The van der Waals surface area contributed by atoms with Crippen LogP contribution in [0.2, 0.25) is 5.02 Å². The van der Waals surface area contributed by atoms with Crippen molar-refractivity contribution in [2.45, 2.75) is 57.0 Å². The van der Waals surface area contributed by atoms with Crippen LogP contribution in [0.15, 0.2) is 23.1 Å². The van der Waals surface area contributed by atoms with Crippen molar-refractivity contribution in [1.82, 2.24) is 9.62 Å². The molecule has 1 N–H and O–H groups in total. The predicted molar refractivity (Wildman–Crippen MR) is 91.0 cm³/mol. The quantitative estimate of drug-likeness (QED) is 0.899. The van der Waals surface area contributed by atoms with E-state index in [4.69, 9.17) is 11.6 Å². The lowest BCUT2D eigenvalue weighted by molar-refractivity contribution is -0.135. The van der Waals surface area contributed by atoms with E-state index in [1.165, 1.54) is 12.1 Å². The molecule has 0 saturated carbocycles. The number of sulfonamides is 1. The Hall–Kier alpha value is -1.11. The molecule has 128 valence electrons. The molecule has 1 fully saturated rings. The Bertz CT molecular complexity index is 691. The second-order valence-electron chi connectivity index (χ2n) is 6.13. The number of piperidine rings is 1. The van der Waals surface area contributed by atoms with Gasteiger partial charge in [-0.25, -0.2) is 8.42 Å². The minimum Gasteiger partial charge on any atom is -0.339 e. The normalized spacial score (nSPS) is 20.3. The highest BCUT2D eigenvalue weighted by Crippen LogP contribution is 2.21. The smallest absolute Gasteiger partial charge is 0.241 e. The highest BCUT2D eigenvalue weighted by Gasteiger charge is 2.29. The van der Waals surface area contributed by atoms with Crippen LogP contribution in [0.3, 0.4) is 0 Å². The Morgan fingerprint density at radius 1 is 1.39 bits per heavy atom. The zero-order valence-electron chi connectivity index (χ0n) is 13.7. The molecule has 5 nitrogen and oxygen atoms in total. The summed E-state index contributed by atoms with van der Waals surface area (Å²) < 4.78 is 27.3. The molecule has 1 aliphatic rings. The summed E-state index contributed by atoms with van der Waals surface area (Å²) in [5.41, 5.74) is 0.803. The van der Waals surface area contributed by atoms with Gasteiger partial charge in [-0.15, -0.1) is 0 Å². The first-order valence-electron chi connectivity index (χ1n) is 7.81. The minimum absolute atomic E-state index is 0.0689.